The normalized spacial score (nSPS) is 11.3. The molecule has 0 aliphatic heterocycles. The van der Waals surface area contributed by atoms with Crippen LogP contribution in [0.2, 0.25) is 0 Å². The van der Waals surface area contributed by atoms with Crippen molar-refractivity contribution in [3.63, 3.8) is 0 Å². The van der Waals surface area contributed by atoms with E-state index in [2.05, 4.69) is 175 Å². The summed E-state index contributed by atoms with van der Waals surface area (Å²) in [5.41, 5.74) is 11.8. The van der Waals surface area contributed by atoms with E-state index in [0.29, 0.717) is 17.5 Å². The third kappa shape index (κ3) is 6.52. The fourth-order valence-corrected chi connectivity index (χ4v) is 7.70. The van der Waals surface area contributed by atoms with Crippen LogP contribution in [0.5, 0.6) is 0 Å². The SMILES string of the molecule is Cc1cc(C)cc(-c2ccccc2-c2ccc(-c3ccc(-c4nc(-c5ccc6ccccc6c5)nc(-c5ccc6ccccc6c5)n4)cn3)cc2Br)c1. The molecule has 0 spiro atoms. The minimum Gasteiger partial charge on any atom is -0.255 e. The summed E-state index contributed by atoms with van der Waals surface area (Å²) in [5, 5.41) is 4.61. The van der Waals surface area contributed by atoms with Crippen molar-refractivity contribution >= 4 is 37.5 Å². The first-order valence-electron chi connectivity index (χ1n) is 17.6. The van der Waals surface area contributed by atoms with Crippen molar-refractivity contribution in [2.45, 2.75) is 13.8 Å². The Bertz CT molecular complexity index is 2710. The van der Waals surface area contributed by atoms with E-state index < -0.39 is 0 Å². The third-order valence-electron chi connectivity index (χ3n) is 9.69. The number of rotatable bonds is 6. The van der Waals surface area contributed by atoms with Gasteiger partial charge in [0.05, 0.1) is 5.69 Å². The summed E-state index contributed by atoms with van der Waals surface area (Å²) in [4.78, 5) is 19.9. The summed E-state index contributed by atoms with van der Waals surface area (Å²) in [5.74, 6) is 1.81. The molecule has 0 atom stereocenters. The Kier molecular flexibility index (Phi) is 8.41. The molecule has 0 fully saturated rings. The van der Waals surface area contributed by atoms with Crippen LogP contribution in [0.3, 0.4) is 0 Å². The predicted molar refractivity (Wildman–Crippen MR) is 222 cm³/mol. The monoisotopic (exact) mass is 744 g/mol. The van der Waals surface area contributed by atoms with Gasteiger partial charge in [0.25, 0.3) is 0 Å². The summed E-state index contributed by atoms with van der Waals surface area (Å²) >= 11 is 3.90. The number of pyridine rings is 1. The molecule has 0 saturated carbocycles. The first-order chi connectivity index (χ1) is 25.9. The van der Waals surface area contributed by atoms with E-state index in [4.69, 9.17) is 19.9 Å². The predicted octanol–water partition coefficient (Wildman–Crippen LogP) is 13.0. The zero-order chi connectivity index (χ0) is 35.9. The van der Waals surface area contributed by atoms with Gasteiger partial charge in [0.1, 0.15) is 0 Å². The second kappa shape index (κ2) is 13.7. The van der Waals surface area contributed by atoms with Gasteiger partial charge in [-0.25, -0.2) is 15.0 Å². The lowest BCUT2D eigenvalue weighted by atomic mass is 9.92. The first kappa shape index (κ1) is 32.6. The average Bonchev–Trinajstić information content (AvgIpc) is 3.20. The molecule has 0 saturated heterocycles. The van der Waals surface area contributed by atoms with Crippen molar-refractivity contribution in [1.29, 1.82) is 0 Å². The summed E-state index contributed by atoms with van der Waals surface area (Å²) in [6.45, 7) is 4.30. The molecule has 2 aromatic heterocycles. The molecule has 0 aliphatic rings. The molecule has 7 aromatic carbocycles. The van der Waals surface area contributed by atoms with Crippen LogP contribution >= 0.6 is 15.9 Å². The van der Waals surface area contributed by atoms with Crippen LogP contribution in [-0.2, 0) is 0 Å². The van der Waals surface area contributed by atoms with E-state index in [1.54, 1.807) is 0 Å². The zero-order valence-corrected chi connectivity index (χ0v) is 30.8. The minimum absolute atomic E-state index is 0.574. The van der Waals surface area contributed by atoms with E-state index in [-0.39, 0.29) is 0 Å². The highest BCUT2D eigenvalue weighted by molar-refractivity contribution is 9.10. The van der Waals surface area contributed by atoms with E-state index in [1.807, 2.05) is 18.3 Å². The number of hydrogen-bond acceptors (Lipinski definition) is 4. The number of nitrogens with zero attached hydrogens (tertiary/aromatic N) is 4. The molecule has 0 bridgehead atoms. The number of hydrogen-bond donors (Lipinski definition) is 0. The van der Waals surface area contributed by atoms with Gasteiger partial charge in [-0.3, -0.25) is 4.98 Å². The molecule has 2 heterocycles. The molecule has 5 heteroatoms. The highest BCUT2D eigenvalue weighted by Crippen LogP contribution is 2.39. The molecular formula is C48H33BrN4. The maximum Gasteiger partial charge on any atom is 0.165 e. The molecule has 9 aromatic rings. The summed E-state index contributed by atoms with van der Waals surface area (Å²) in [6.07, 6.45) is 1.86. The van der Waals surface area contributed by atoms with E-state index in [0.717, 1.165) is 48.8 Å². The summed E-state index contributed by atoms with van der Waals surface area (Å²) < 4.78 is 1.01. The topological polar surface area (TPSA) is 51.6 Å². The van der Waals surface area contributed by atoms with Crippen LogP contribution < -0.4 is 0 Å². The third-order valence-corrected chi connectivity index (χ3v) is 10.3. The molecule has 4 nitrogen and oxygen atoms in total. The number of benzene rings is 7. The van der Waals surface area contributed by atoms with Gasteiger partial charge in [-0.2, -0.15) is 0 Å². The lowest BCUT2D eigenvalue weighted by Crippen LogP contribution is -2.00. The van der Waals surface area contributed by atoms with Crippen molar-refractivity contribution < 1.29 is 0 Å². The van der Waals surface area contributed by atoms with Crippen molar-refractivity contribution in [2.75, 3.05) is 0 Å². The van der Waals surface area contributed by atoms with Crippen LogP contribution in [0.1, 0.15) is 11.1 Å². The molecule has 0 radical (unpaired) electrons. The highest BCUT2D eigenvalue weighted by Gasteiger charge is 2.16. The fraction of sp³-hybridized carbons (Fsp3) is 0.0417. The first-order valence-corrected chi connectivity index (χ1v) is 18.4. The lowest BCUT2D eigenvalue weighted by Gasteiger charge is -2.14. The quantitative estimate of drug-likeness (QED) is 0.170. The van der Waals surface area contributed by atoms with Gasteiger partial charge in [0.15, 0.2) is 17.5 Å². The Morgan fingerprint density at radius 1 is 0.377 bits per heavy atom. The number of aryl methyl sites for hydroxylation is 2. The van der Waals surface area contributed by atoms with Gasteiger partial charge in [-0.05, 0) is 88.0 Å². The summed E-state index contributed by atoms with van der Waals surface area (Å²) in [6, 6.07) is 55.2. The molecule has 0 unspecified atom stereocenters. The Hall–Kier alpha value is -6.30. The largest absolute Gasteiger partial charge is 0.255 e. The molecule has 252 valence electrons. The van der Waals surface area contributed by atoms with Crippen LogP contribution in [-0.4, -0.2) is 19.9 Å². The van der Waals surface area contributed by atoms with Crippen molar-refractivity contribution in [3.8, 4) is 67.7 Å². The van der Waals surface area contributed by atoms with E-state index in [1.165, 1.54) is 38.6 Å². The van der Waals surface area contributed by atoms with Crippen LogP contribution in [0.15, 0.2) is 168 Å². The van der Waals surface area contributed by atoms with Gasteiger partial charge in [-0.15, -0.1) is 0 Å². The van der Waals surface area contributed by atoms with Crippen molar-refractivity contribution in [2.24, 2.45) is 0 Å². The van der Waals surface area contributed by atoms with Gasteiger partial charge >= 0.3 is 0 Å². The lowest BCUT2D eigenvalue weighted by molar-refractivity contribution is 1.07. The number of fused-ring (bicyclic) bond motifs is 2. The van der Waals surface area contributed by atoms with Gasteiger partial charge in [0.2, 0.25) is 0 Å². The Labute approximate surface area is 317 Å². The van der Waals surface area contributed by atoms with Crippen molar-refractivity contribution in [1.82, 2.24) is 19.9 Å². The standard InChI is InChI=1S/C48H33BrN4/c1-30-23-31(2)25-40(24-30)41-13-7-8-14-42(41)43-21-19-36(28-44(43)49)45-22-20-39(29-50-45)48-52-46(37-17-15-32-9-3-5-11-34(32)26-37)51-47(53-48)38-18-16-33-10-4-6-12-35(33)27-38/h3-29H,1-2H3. The number of aromatic nitrogens is 4. The molecule has 9 rings (SSSR count). The zero-order valence-electron chi connectivity index (χ0n) is 29.3. The summed E-state index contributed by atoms with van der Waals surface area (Å²) in [7, 11) is 0. The molecule has 53 heavy (non-hydrogen) atoms. The second-order valence-corrected chi connectivity index (χ2v) is 14.3. The number of halogens is 1. The molecule has 0 aliphatic carbocycles. The fourth-order valence-electron chi connectivity index (χ4n) is 7.11. The maximum atomic E-state index is 5.01. The molecular weight excluding hydrogens is 712 g/mol. The van der Waals surface area contributed by atoms with E-state index in [9.17, 15) is 0 Å². The molecule has 0 N–H and O–H groups in total. The Morgan fingerprint density at radius 3 is 1.45 bits per heavy atom. The second-order valence-electron chi connectivity index (χ2n) is 13.5. The van der Waals surface area contributed by atoms with Gasteiger partial charge in [0, 0.05) is 32.9 Å². The average molecular weight is 746 g/mol. The van der Waals surface area contributed by atoms with Gasteiger partial charge < -0.3 is 0 Å². The van der Waals surface area contributed by atoms with Crippen LogP contribution in [0.25, 0.3) is 89.2 Å². The Morgan fingerprint density at radius 2 is 0.887 bits per heavy atom. The Balaban J connectivity index is 1.08. The highest BCUT2D eigenvalue weighted by atomic mass is 79.9. The smallest absolute Gasteiger partial charge is 0.165 e. The van der Waals surface area contributed by atoms with Crippen LogP contribution in [0, 0.1) is 13.8 Å². The van der Waals surface area contributed by atoms with Gasteiger partial charge in [-0.1, -0.05) is 154 Å². The minimum atomic E-state index is 0.574. The maximum absolute atomic E-state index is 5.01. The van der Waals surface area contributed by atoms with Crippen molar-refractivity contribution in [3.05, 3.63) is 180 Å². The van der Waals surface area contributed by atoms with E-state index >= 15 is 0 Å². The molecule has 0 amide bonds. The van der Waals surface area contributed by atoms with Crippen LogP contribution in [0.4, 0.5) is 0 Å².